The zero-order valence-corrected chi connectivity index (χ0v) is 19.8. The molecule has 1 unspecified atom stereocenters. The summed E-state index contributed by atoms with van der Waals surface area (Å²) in [5.41, 5.74) is -0.991. The molecule has 2 fully saturated rings. The van der Waals surface area contributed by atoms with Crippen molar-refractivity contribution in [3.8, 4) is 0 Å². The number of amides is 1. The molecule has 3 rings (SSSR count). The molecule has 1 atom stereocenters. The Morgan fingerprint density at radius 1 is 1.17 bits per heavy atom. The van der Waals surface area contributed by atoms with Crippen LogP contribution in [-0.2, 0) is 28.6 Å². The number of rotatable bonds is 6. The highest BCUT2D eigenvalue weighted by Crippen LogP contribution is 2.38. The van der Waals surface area contributed by atoms with Crippen molar-refractivity contribution < 1.29 is 59.1 Å². The van der Waals surface area contributed by atoms with Gasteiger partial charge in [0.25, 0.3) is 0 Å². The first-order valence-corrected chi connectivity index (χ1v) is 13.2. The number of morpholine rings is 1. The monoisotopic (exact) mass is 550 g/mol. The number of likely N-dealkylation sites (tertiary alicyclic amines) is 1. The van der Waals surface area contributed by atoms with Crippen molar-refractivity contribution in [2.75, 3.05) is 39.4 Å². The van der Waals surface area contributed by atoms with E-state index >= 15 is 0 Å². The summed E-state index contributed by atoms with van der Waals surface area (Å²) >= 11 is 0. The normalized spacial score (nSPS) is 20.6. The van der Waals surface area contributed by atoms with Gasteiger partial charge >= 0.3 is 20.1 Å². The number of ether oxygens (including phenoxy) is 2. The van der Waals surface area contributed by atoms with Gasteiger partial charge < -0.3 is 24.2 Å². The first-order chi connectivity index (χ1) is 16.1. The van der Waals surface area contributed by atoms with Crippen molar-refractivity contribution in [3.05, 3.63) is 30.1 Å². The molecule has 1 spiro atoms. The van der Waals surface area contributed by atoms with Gasteiger partial charge in [0.05, 0.1) is 17.1 Å². The number of benzene rings is 1. The standard InChI is InChI=1S/C18H23F4N2O9PS/c19-13-1-3-14(4-2-13)35(29,30)24-9-10-31-17(12-24)5-7-23(8-6-17)16(25)33-15(18(20,21)22)11-32-34(26,27)28/h1-4,15H,5-12H2,(H2,26,27,28). The third-order valence-electron chi connectivity index (χ3n) is 5.60. The van der Waals surface area contributed by atoms with Crippen LogP contribution in [0.25, 0.3) is 0 Å². The summed E-state index contributed by atoms with van der Waals surface area (Å²) in [5.74, 6) is -0.595. The molecule has 0 bridgehead atoms. The van der Waals surface area contributed by atoms with E-state index in [0.717, 1.165) is 29.2 Å². The van der Waals surface area contributed by atoms with E-state index in [-0.39, 0.29) is 50.5 Å². The predicted octanol–water partition coefficient (Wildman–Crippen LogP) is 1.86. The molecule has 2 heterocycles. The first-order valence-electron chi connectivity index (χ1n) is 10.2. The number of phosphoric acid groups is 1. The van der Waals surface area contributed by atoms with Gasteiger partial charge in [-0.25, -0.2) is 22.2 Å². The van der Waals surface area contributed by atoms with E-state index in [9.17, 15) is 35.3 Å². The van der Waals surface area contributed by atoms with Crippen LogP contribution in [0.4, 0.5) is 22.4 Å². The number of carbonyl (C=O) groups is 1. The maximum absolute atomic E-state index is 13.2. The van der Waals surface area contributed by atoms with E-state index in [4.69, 9.17) is 14.5 Å². The van der Waals surface area contributed by atoms with Crippen molar-refractivity contribution in [2.45, 2.75) is 35.6 Å². The van der Waals surface area contributed by atoms with E-state index in [1.165, 1.54) is 4.31 Å². The summed E-state index contributed by atoms with van der Waals surface area (Å²) in [6, 6.07) is 4.32. The van der Waals surface area contributed by atoms with Crippen LogP contribution in [0.15, 0.2) is 29.2 Å². The topological polar surface area (TPSA) is 143 Å². The van der Waals surface area contributed by atoms with E-state index in [1.807, 2.05) is 0 Å². The fraction of sp³-hybridized carbons (Fsp3) is 0.611. The lowest BCUT2D eigenvalue weighted by molar-refractivity contribution is -0.214. The Bertz CT molecular complexity index is 1060. The number of hydrogen-bond acceptors (Lipinski definition) is 7. The lowest BCUT2D eigenvalue weighted by Crippen LogP contribution is -2.58. The Kier molecular flexibility index (Phi) is 8.16. The molecule has 1 aromatic carbocycles. The van der Waals surface area contributed by atoms with Crippen molar-refractivity contribution in [3.63, 3.8) is 0 Å². The lowest BCUT2D eigenvalue weighted by Gasteiger charge is -2.46. The smallest absolute Gasteiger partial charge is 0.434 e. The molecule has 17 heteroatoms. The number of piperidine rings is 1. The van der Waals surface area contributed by atoms with Crippen LogP contribution in [0, 0.1) is 5.82 Å². The Labute approximate surface area is 197 Å². The van der Waals surface area contributed by atoms with Crippen LogP contribution in [0.3, 0.4) is 0 Å². The van der Waals surface area contributed by atoms with Crippen LogP contribution in [0.5, 0.6) is 0 Å². The van der Waals surface area contributed by atoms with Gasteiger partial charge in [-0.3, -0.25) is 4.52 Å². The average molecular weight is 550 g/mol. The van der Waals surface area contributed by atoms with Gasteiger partial charge in [-0.1, -0.05) is 0 Å². The van der Waals surface area contributed by atoms with Gasteiger partial charge in [-0.05, 0) is 37.1 Å². The van der Waals surface area contributed by atoms with Gasteiger partial charge in [0.15, 0.2) is 0 Å². The number of hydrogen-bond donors (Lipinski definition) is 2. The number of phosphoric ester groups is 1. The molecule has 0 saturated carbocycles. The minimum Gasteiger partial charge on any atom is -0.434 e. The summed E-state index contributed by atoms with van der Waals surface area (Å²) in [4.78, 5) is 30.3. The summed E-state index contributed by atoms with van der Waals surface area (Å²) in [6.45, 7) is -1.81. The molecular formula is C18H23F4N2O9PS. The SMILES string of the molecule is O=C(OC(COP(=O)(O)O)C(F)(F)F)N1CCC2(CC1)CN(S(=O)(=O)c1ccc(F)cc1)CCO2. The molecular weight excluding hydrogens is 527 g/mol. The van der Waals surface area contributed by atoms with Gasteiger partial charge in [-0.2, -0.15) is 17.5 Å². The minimum absolute atomic E-state index is 0.0417. The van der Waals surface area contributed by atoms with Crippen molar-refractivity contribution in [1.82, 2.24) is 9.21 Å². The van der Waals surface area contributed by atoms with Crippen LogP contribution in [0.1, 0.15) is 12.8 Å². The number of carbonyl (C=O) groups excluding carboxylic acids is 1. The van der Waals surface area contributed by atoms with Crippen LogP contribution in [-0.4, -0.2) is 90.8 Å². The van der Waals surface area contributed by atoms with Gasteiger partial charge in [0.1, 0.15) is 12.4 Å². The number of alkyl halides is 3. The largest absolute Gasteiger partial charge is 0.469 e. The fourth-order valence-electron chi connectivity index (χ4n) is 3.73. The van der Waals surface area contributed by atoms with E-state index < -0.39 is 54.2 Å². The van der Waals surface area contributed by atoms with Crippen molar-refractivity contribution >= 4 is 23.9 Å². The quantitative estimate of drug-likeness (QED) is 0.401. The second kappa shape index (κ2) is 10.3. The van der Waals surface area contributed by atoms with E-state index in [0.29, 0.717) is 0 Å². The Balaban J connectivity index is 1.62. The summed E-state index contributed by atoms with van der Waals surface area (Å²) in [7, 11) is -9.18. The third-order valence-corrected chi connectivity index (χ3v) is 7.94. The zero-order valence-electron chi connectivity index (χ0n) is 18.1. The van der Waals surface area contributed by atoms with Gasteiger partial charge in [0, 0.05) is 26.2 Å². The molecule has 2 saturated heterocycles. The summed E-state index contributed by atoms with van der Waals surface area (Å²) in [5, 5.41) is 0. The molecule has 35 heavy (non-hydrogen) atoms. The highest BCUT2D eigenvalue weighted by Gasteiger charge is 2.47. The fourth-order valence-corrected chi connectivity index (χ4v) is 5.55. The highest BCUT2D eigenvalue weighted by atomic mass is 32.2. The zero-order chi connectivity index (χ0) is 26.1. The average Bonchev–Trinajstić information content (AvgIpc) is 2.76. The summed E-state index contributed by atoms with van der Waals surface area (Å²) in [6.07, 6.45) is -9.23. The predicted molar refractivity (Wildman–Crippen MR) is 109 cm³/mol. The van der Waals surface area contributed by atoms with E-state index in [2.05, 4.69) is 9.26 Å². The number of nitrogens with zero attached hydrogens (tertiary/aromatic N) is 2. The van der Waals surface area contributed by atoms with Crippen LogP contribution in [0.2, 0.25) is 0 Å². The molecule has 0 aliphatic carbocycles. The van der Waals surface area contributed by atoms with Crippen LogP contribution >= 0.6 is 7.82 Å². The van der Waals surface area contributed by atoms with Crippen molar-refractivity contribution in [1.29, 1.82) is 0 Å². The molecule has 2 aliphatic heterocycles. The second-order valence-electron chi connectivity index (χ2n) is 8.01. The Morgan fingerprint density at radius 3 is 2.31 bits per heavy atom. The Morgan fingerprint density at radius 2 is 1.77 bits per heavy atom. The maximum atomic E-state index is 13.2. The molecule has 1 amide bonds. The first kappa shape index (κ1) is 27.8. The number of sulfonamides is 1. The lowest BCUT2D eigenvalue weighted by atomic mass is 9.90. The van der Waals surface area contributed by atoms with Crippen LogP contribution < -0.4 is 0 Å². The molecule has 0 radical (unpaired) electrons. The summed E-state index contributed by atoms with van der Waals surface area (Å²) < 4.78 is 104. The second-order valence-corrected chi connectivity index (χ2v) is 11.2. The number of halogens is 4. The van der Waals surface area contributed by atoms with Crippen molar-refractivity contribution in [2.24, 2.45) is 0 Å². The molecule has 2 aliphatic rings. The molecule has 2 N–H and O–H groups in total. The molecule has 0 aromatic heterocycles. The molecule has 1 aromatic rings. The molecule has 11 nitrogen and oxygen atoms in total. The van der Waals surface area contributed by atoms with Gasteiger partial charge in [-0.15, -0.1) is 0 Å². The van der Waals surface area contributed by atoms with Gasteiger partial charge in [0.2, 0.25) is 16.1 Å². The molecule has 198 valence electrons. The highest BCUT2D eigenvalue weighted by molar-refractivity contribution is 7.89. The van der Waals surface area contributed by atoms with E-state index in [1.54, 1.807) is 0 Å². The third kappa shape index (κ3) is 7.12. The maximum Gasteiger partial charge on any atom is 0.469 e. The minimum atomic E-state index is -5.23. The Hall–Kier alpha value is -1.81.